The van der Waals surface area contributed by atoms with Gasteiger partial charge in [0.2, 0.25) is 0 Å². The summed E-state index contributed by atoms with van der Waals surface area (Å²) in [7, 11) is 0. The zero-order chi connectivity index (χ0) is 14.1. The highest BCUT2D eigenvalue weighted by Crippen LogP contribution is 2.32. The summed E-state index contributed by atoms with van der Waals surface area (Å²) in [6.07, 6.45) is 7.98. The van der Waals surface area contributed by atoms with E-state index in [2.05, 4.69) is 34.6 Å². The maximum absolute atomic E-state index is 5.96. The molecular formula is C18H14N2O. The average Bonchev–Trinajstić information content (AvgIpc) is 2.99. The maximum atomic E-state index is 5.96. The van der Waals surface area contributed by atoms with E-state index in [1.807, 2.05) is 36.5 Å². The van der Waals surface area contributed by atoms with Gasteiger partial charge < -0.3 is 9.73 Å². The molecule has 0 spiro atoms. The second kappa shape index (κ2) is 4.94. The smallest absolute Gasteiger partial charge is 0.154 e. The predicted octanol–water partition coefficient (Wildman–Crippen LogP) is 4.00. The van der Waals surface area contributed by atoms with E-state index in [1.165, 1.54) is 0 Å². The van der Waals surface area contributed by atoms with Gasteiger partial charge in [-0.05, 0) is 36.0 Å². The number of aromatic nitrogens is 1. The molecule has 0 aliphatic carbocycles. The largest absolute Gasteiger partial charge is 0.454 e. The van der Waals surface area contributed by atoms with Crippen LogP contribution in [-0.4, -0.2) is 11.5 Å². The van der Waals surface area contributed by atoms with Gasteiger partial charge in [-0.3, -0.25) is 4.98 Å². The van der Waals surface area contributed by atoms with E-state index < -0.39 is 0 Å². The summed E-state index contributed by atoms with van der Waals surface area (Å²) in [5, 5.41) is 4.26. The molecule has 0 radical (unpaired) electrons. The van der Waals surface area contributed by atoms with Gasteiger partial charge in [-0.15, -0.1) is 0 Å². The Bertz CT molecular complexity index is 825. The fourth-order valence-electron chi connectivity index (χ4n) is 2.59. The van der Waals surface area contributed by atoms with Gasteiger partial charge >= 0.3 is 0 Å². The van der Waals surface area contributed by atoms with E-state index in [0.29, 0.717) is 0 Å². The fraction of sp³-hybridized carbons (Fsp3) is 0.0556. The molecule has 0 fully saturated rings. The van der Waals surface area contributed by atoms with Crippen LogP contribution in [0.5, 0.6) is 0 Å². The number of rotatable bonds is 2. The Balaban J connectivity index is 1.88. The molecule has 3 heteroatoms. The van der Waals surface area contributed by atoms with Crippen LogP contribution in [0.1, 0.15) is 5.56 Å². The van der Waals surface area contributed by atoms with Crippen molar-refractivity contribution in [2.45, 2.75) is 0 Å². The molecule has 1 aromatic carbocycles. The molecule has 3 heterocycles. The molecule has 3 nitrogen and oxygen atoms in total. The third kappa shape index (κ3) is 2.13. The van der Waals surface area contributed by atoms with Crippen molar-refractivity contribution in [2.24, 2.45) is 0 Å². The summed E-state index contributed by atoms with van der Waals surface area (Å²) in [5.41, 5.74) is 4.03. The van der Waals surface area contributed by atoms with Crippen LogP contribution < -0.4 is 5.32 Å². The Hall–Kier alpha value is -2.81. The topological polar surface area (TPSA) is 38.1 Å². The van der Waals surface area contributed by atoms with Crippen molar-refractivity contribution in [1.29, 1.82) is 0 Å². The van der Waals surface area contributed by atoms with Crippen LogP contribution in [0, 0.1) is 0 Å². The molecular weight excluding hydrogens is 260 g/mol. The van der Waals surface area contributed by atoms with Crippen molar-refractivity contribution in [2.75, 3.05) is 6.54 Å². The lowest BCUT2D eigenvalue weighted by atomic mass is 10.0. The highest BCUT2D eigenvalue weighted by atomic mass is 16.3. The molecule has 1 aliphatic heterocycles. The van der Waals surface area contributed by atoms with Crippen molar-refractivity contribution < 1.29 is 4.42 Å². The van der Waals surface area contributed by atoms with Crippen molar-refractivity contribution >= 4 is 16.5 Å². The van der Waals surface area contributed by atoms with Gasteiger partial charge in [0.05, 0.1) is 0 Å². The monoisotopic (exact) mass is 274 g/mol. The standard InChI is InChI=1S/C18H14N2O/c1-2-6-16-14(4-1)12-17(21-16)18-15(5-3-9-20-18)13-7-10-19-11-8-13/h1-10,12,19H,11H2. The van der Waals surface area contributed by atoms with Crippen molar-refractivity contribution in [1.82, 2.24) is 10.3 Å². The number of nitrogens with one attached hydrogen (secondary N) is 1. The van der Waals surface area contributed by atoms with Crippen LogP contribution in [0.15, 0.2) is 71.4 Å². The number of benzene rings is 1. The summed E-state index contributed by atoms with van der Waals surface area (Å²) in [4.78, 5) is 4.53. The molecule has 0 saturated carbocycles. The van der Waals surface area contributed by atoms with Crippen LogP contribution in [0.4, 0.5) is 0 Å². The quantitative estimate of drug-likeness (QED) is 0.767. The summed E-state index contributed by atoms with van der Waals surface area (Å²) < 4.78 is 5.96. The zero-order valence-corrected chi connectivity index (χ0v) is 11.4. The van der Waals surface area contributed by atoms with Crippen LogP contribution in [0.25, 0.3) is 28.0 Å². The Morgan fingerprint density at radius 3 is 2.90 bits per heavy atom. The molecule has 0 saturated heterocycles. The molecule has 1 N–H and O–H groups in total. The first-order chi connectivity index (χ1) is 10.4. The lowest BCUT2D eigenvalue weighted by Gasteiger charge is -2.11. The second-order valence-corrected chi connectivity index (χ2v) is 4.95. The summed E-state index contributed by atoms with van der Waals surface area (Å²) >= 11 is 0. The number of fused-ring (bicyclic) bond motifs is 1. The van der Waals surface area contributed by atoms with E-state index in [4.69, 9.17) is 4.42 Å². The van der Waals surface area contributed by atoms with Crippen molar-refractivity contribution in [3.63, 3.8) is 0 Å². The summed E-state index contributed by atoms with van der Waals surface area (Å²) in [5.74, 6) is 0.805. The minimum absolute atomic E-state index is 0.805. The highest BCUT2D eigenvalue weighted by molar-refractivity contribution is 5.87. The van der Waals surface area contributed by atoms with Crippen LogP contribution >= 0.6 is 0 Å². The number of pyridine rings is 1. The lowest BCUT2D eigenvalue weighted by molar-refractivity contribution is 0.628. The first-order valence-corrected chi connectivity index (χ1v) is 6.96. The molecule has 4 rings (SSSR count). The van der Waals surface area contributed by atoms with Crippen LogP contribution in [0.3, 0.4) is 0 Å². The second-order valence-electron chi connectivity index (χ2n) is 4.95. The molecule has 21 heavy (non-hydrogen) atoms. The van der Waals surface area contributed by atoms with Gasteiger partial charge in [0.25, 0.3) is 0 Å². The number of dihydropyridines is 1. The first-order valence-electron chi connectivity index (χ1n) is 6.96. The molecule has 0 unspecified atom stereocenters. The molecule has 0 atom stereocenters. The van der Waals surface area contributed by atoms with E-state index in [1.54, 1.807) is 6.20 Å². The molecule has 102 valence electrons. The number of furan rings is 1. The zero-order valence-electron chi connectivity index (χ0n) is 11.4. The fourth-order valence-corrected chi connectivity index (χ4v) is 2.59. The van der Waals surface area contributed by atoms with Crippen molar-refractivity contribution in [3.05, 3.63) is 72.6 Å². The van der Waals surface area contributed by atoms with Crippen molar-refractivity contribution in [3.8, 4) is 11.5 Å². The van der Waals surface area contributed by atoms with Crippen LogP contribution in [0.2, 0.25) is 0 Å². The number of hydrogen-bond acceptors (Lipinski definition) is 3. The highest BCUT2D eigenvalue weighted by Gasteiger charge is 2.14. The molecule has 0 bridgehead atoms. The minimum Gasteiger partial charge on any atom is -0.454 e. The van der Waals surface area contributed by atoms with Crippen LogP contribution in [-0.2, 0) is 0 Å². The van der Waals surface area contributed by atoms with Gasteiger partial charge in [-0.2, -0.15) is 0 Å². The Kier molecular flexibility index (Phi) is 2.82. The lowest BCUT2D eigenvalue weighted by Crippen LogP contribution is -2.08. The first kappa shape index (κ1) is 12.0. The SMILES string of the molecule is C1=CC(c2cccnc2-c2cc3ccccc3o2)=CCN1. The average molecular weight is 274 g/mol. The van der Waals surface area contributed by atoms with E-state index in [9.17, 15) is 0 Å². The van der Waals surface area contributed by atoms with E-state index >= 15 is 0 Å². The van der Waals surface area contributed by atoms with E-state index in [-0.39, 0.29) is 0 Å². The number of allylic oxidation sites excluding steroid dienone is 2. The third-order valence-electron chi connectivity index (χ3n) is 3.60. The Morgan fingerprint density at radius 1 is 1.10 bits per heavy atom. The minimum atomic E-state index is 0.805. The molecule has 0 amide bonds. The molecule has 1 aliphatic rings. The van der Waals surface area contributed by atoms with Gasteiger partial charge in [0, 0.05) is 23.7 Å². The number of nitrogens with zero attached hydrogens (tertiary/aromatic N) is 1. The van der Waals surface area contributed by atoms with E-state index in [0.717, 1.165) is 40.1 Å². The molecule has 2 aromatic heterocycles. The Labute approximate surface area is 122 Å². The summed E-state index contributed by atoms with van der Waals surface area (Å²) in [6, 6.07) is 14.1. The third-order valence-corrected chi connectivity index (χ3v) is 3.60. The van der Waals surface area contributed by atoms with Gasteiger partial charge in [0.1, 0.15) is 11.3 Å². The maximum Gasteiger partial charge on any atom is 0.154 e. The normalized spacial score (nSPS) is 14.0. The summed E-state index contributed by atoms with van der Waals surface area (Å²) in [6.45, 7) is 0.834. The Morgan fingerprint density at radius 2 is 2.05 bits per heavy atom. The predicted molar refractivity (Wildman–Crippen MR) is 84.6 cm³/mol. The van der Waals surface area contributed by atoms with Gasteiger partial charge in [-0.25, -0.2) is 0 Å². The van der Waals surface area contributed by atoms with Gasteiger partial charge in [0.15, 0.2) is 5.76 Å². The van der Waals surface area contributed by atoms with Gasteiger partial charge in [-0.1, -0.05) is 30.3 Å². The molecule has 3 aromatic rings. The number of para-hydroxylation sites is 1. The number of hydrogen-bond donors (Lipinski definition) is 1.